The van der Waals surface area contributed by atoms with Gasteiger partial charge in [-0.1, -0.05) is 24.7 Å². The molecule has 0 aromatic carbocycles. The molecule has 0 bridgehead atoms. The molecule has 2 nitrogen and oxygen atoms in total. The van der Waals surface area contributed by atoms with E-state index >= 15 is 0 Å². The number of aromatic nitrogens is 2. The zero-order chi connectivity index (χ0) is 8.55. The fraction of sp³-hybridized carbons (Fsp3) is 0.750. The average Bonchev–Trinajstić information content (AvgIpc) is 2.75. The van der Waals surface area contributed by atoms with Crippen LogP contribution in [0.15, 0.2) is 0 Å². The molecule has 12 heavy (non-hydrogen) atoms. The maximum absolute atomic E-state index is 5.64. The van der Waals surface area contributed by atoms with E-state index in [4.69, 9.17) is 11.6 Å². The van der Waals surface area contributed by atoms with Crippen molar-refractivity contribution in [3.8, 4) is 0 Å². The van der Waals surface area contributed by atoms with Crippen molar-refractivity contribution in [3.63, 3.8) is 0 Å². The molecule has 0 spiro atoms. The predicted octanol–water partition coefficient (Wildman–Crippen LogP) is 2.79. The van der Waals surface area contributed by atoms with Crippen LogP contribution in [0.25, 0.3) is 0 Å². The summed E-state index contributed by atoms with van der Waals surface area (Å²) in [6.45, 7) is 2.23. The molecule has 1 aromatic rings. The van der Waals surface area contributed by atoms with Gasteiger partial charge >= 0.3 is 0 Å². The Hall–Kier alpha value is -0.150. The van der Waals surface area contributed by atoms with Gasteiger partial charge in [-0.15, -0.1) is 21.8 Å². The van der Waals surface area contributed by atoms with Crippen molar-refractivity contribution in [1.82, 2.24) is 10.2 Å². The minimum absolute atomic E-state index is 0.501. The van der Waals surface area contributed by atoms with Gasteiger partial charge in [0.1, 0.15) is 10.0 Å². The lowest BCUT2D eigenvalue weighted by molar-refractivity contribution is 0.758. The normalized spacial score (nSPS) is 27.5. The molecule has 2 unspecified atom stereocenters. The van der Waals surface area contributed by atoms with E-state index in [1.165, 1.54) is 17.8 Å². The van der Waals surface area contributed by atoms with Gasteiger partial charge in [-0.2, -0.15) is 0 Å². The van der Waals surface area contributed by atoms with Gasteiger partial charge < -0.3 is 0 Å². The highest BCUT2D eigenvalue weighted by atomic mass is 35.5. The van der Waals surface area contributed by atoms with E-state index in [2.05, 4.69) is 17.1 Å². The third-order valence-electron chi connectivity index (χ3n) is 2.36. The van der Waals surface area contributed by atoms with Gasteiger partial charge in [0.2, 0.25) is 0 Å². The molecule has 0 amide bonds. The zero-order valence-corrected chi connectivity index (χ0v) is 8.53. The maximum atomic E-state index is 5.64. The SMILES string of the molecule is CCC1CC1c1nnc(CCl)s1. The summed E-state index contributed by atoms with van der Waals surface area (Å²) in [7, 11) is 0. The standard InChI is InChI=1S/C8H11ClN2S/c1-2-5-3-6(5)8-11-10-7(4-9)12-8/h5-6H,2-4H2,1H3. The van der Waals surface area contributed by atoms with E-state index in [-0.39, 0.29) is 0 Å². The summed E-state index contributed by atoms with van der Waals surface area (Å²) in [5.41, 5.74) is 0. The number of hydrogen-bond acceptors (Lipinski definition) is 3. The molecule has 66 valence electrons. The number of alkyl halides is 1. The molecule has 1 fully saturated rings. The van der Waals surface area contributed by atoms with Gasteiger partial charge in [0.15, 0.2) is 0 Å². The van der Waals surface area contributed by atoms with Gasteiger partial charge in [-0.05, 0) is 12.3 Å². The Labute approximate surface area is 81.0 Å². The molecule has 1 aliphatic rings. The first-order chi connectivity index (χ1) is 5.85. The van der Waals surface area contributed by atoms with Crippen molar-refractivity contribution >= 4 is 22.9 Å². The van der Waals surface area contributed by atoms with Crippen molar-refractivity contribution in [2.24, 2.45) is 5.92 Å². The first-order valence-electron chi connectivity index (χ1n) is 4.23. The lowest BCUT2D eigenvalue weighted by Crippen LogP contribution is -1.80. The highest BCUT2D eigenvalue weighted by molar-refractivity contribution is 7.11. The Morgan fingerprint density at radius 1 is 1.58 bits per heavy atom. The molecule has 1 aromatic heterocycles. The summed E-state index contributed by atoms with van der Waals surface area (Å²) in [6.07, 6.45) is 2.56. The van der Waals surface area contributed by atoms with Crippen LogP contribution in [0.3, 0.4) is 0 Å². The van der Waals surface area contributed by atoms with E-state index in [9.17, 15) is 0 Å². The molecule has 1 heterocycles. The predicted molar refractivity (Wildman–Crippen MR) is 50.6 cm³/mol. The van der Waals surface area contributed by atoms with E-state index < -0.39 is 0 Å². The van der Waals surface area contributed by atoms with Crippen molar-refractivity contribution in [3.05, 3.63) is 10.0 Å². The Morgan fingerprint density at radius 2 is 2.42 bits per heavy atom. The highest BCUT2D eigenvalue weighted by Gasteiger charge is 2.39. The van der Waals surface area contributed by atoms with Gasteiger partial charge in [0.25, 0.3) is 0 Å². The van der Waals surface area contributed by atoms with E-state index in [0.717, 1.165) is 10.9 Å². The number of nitrogens with zero attached hydrogens (tertiary/aromatic N) is 2. The molecule has 2 rings (SSSR count). The Morgan fingerprint density at radius 3 is 2.92 bits per heavy atom. The average molecular weight is 203 g/mol. The Bertz CT molecular complexity index is 274. The summed E-state index contributed by atoms with van der Waals surface area (Å²) in [6, 6.07) is 0. The van der Waals surface area contributed by atoms with Crippen molar-refractivity contribution in [2.45, 2.75) is 31.6 Å². The quantitative estimate of drug-likeness (QED) is 0.705. The Balaban J connectivity index is 2.05. The molecule has 1 aliphatic carbocycles. The summed E-state index contributed by atoms with van der Waals surface area (Å²) in [5, 5.41) is 10.3. The number of rotatable bonds is 3. The lowest BCUT2D eigenvalue weighted by Gasteiger charge is -1.87. The second kappa shape index (κ2) is 3.30. The zero-order valence-electron chi connectivity index (χ0n) is 6.96. The first-order valence-corrected chi connectivity index (χ1v) is 5.58. The number of hydrogen-bond donors (Lipinski definition) is 0. The van der Waals surface area contributed by atoms with Gasteiger partial charge in [0.05, 0.1) is 5.88 Å². The lowest BCUT2D eigenvalue weighted by atomic mass is 10.3. The monoisotopic (exact) mass is 202 g/mol. The topological polar surface area (TPSA) is 25.8 Å². The van der Waals surface area contributed by atoms with Crippen molar-refractivity contribution in [2.75, 3.05) is 0 Å². The maximum Gasteiger partial charge on any atom is 0.132 e. The fourth-order valence-corrected chi connectivity index (χ4v) is 2.59. The third-order valence-corrected chi connectivity index (χ3v) is 3.83. The molecule has 0 N–H and O–H groups in total. The highest BCUT2D eigenvalue weighted by Crippen LogP contribution is 2.50. The summed E-state index contributed by atoms with van der Waals surface area (Å²) >= 11 is 7.31. The van der Waals surface area contributed by atoms with Crippen LogP contribution >= 0.6 is 22.9 Å². The fourth-order valence-electron chi connectivity index (χ4n) is 1.47. The minimum atomic E-state index is 0.501. The number of halogens is 1. The van der Waals surface area contributed by atoms with Gasteiger partial charge in [-0.3, -0.25) is 0 Å². The smallest absolute Gasteiger partial charge is 0.132 e. The van der Waals surface area contributed by atoms with Crippen molar-refractivity contribution in [1.29, 1.82) is 0 Å². The molecule has 0 radical (unpaired) electrons. The van der Waals surface area contributed by atoms with E-state index in [0.29, 0.717) is 11.8 Å². The molecular formula is C8H11ClN2S. The molecule has 2 atom stereocenters. The van der Waals surface area contributed by atoms with E-state index in [1.807, 2.05) is 0 Å². The van der Waals surface area contributed by atoms with Crippen LogP contribution in [-0.4, -0.2) is 10.2 Å². The summed E-state index contributed by atoms with van der Waals surface area (Å²) in [4.78, 5) is 0. The second-order valence-electron chi connectivity index (χ2n) is 3.18. The van der Waals surface area contributed by atoms with Crippen LogP contribution in [0.1, 0.15) is 35.7 Å². The molecule has 0 aliphatic heterocycles. The van der Waals surface area contributed by atoms with Crippen LogP contribution in [0.4, 0.5) is 0 Å². The third kappa shape index (κ3) is 1.48. The van der Waals surface area contributed by atoms with Crippen LogP contribution in [0, 0.1) is 5.92 Å². The molecular weight excluding hydrogens is 192 g/mol. The van der Waals surface area contributed by atoms with Crippen molar-refractivity contribution < 1.29 is 0 Å². The largest absolute Gasteiger partial charge is 0.143 e. The first kappa shape index (κ1) is 8.45. The summed E-state index contributed by atoms with van der Waals surface area (Å²) in [5.74, 6) is 2.06. The minimum Gasteiger partial charge on any atom is -0.143 e. The van der Waals surface area contributed by atoms with Crippen LogP contribution in [0.2, 0.25) is 0 Å². The van der Waals surface area contributed by atoms with Crippen LogP contribution in [0.5, 0.6) is 0 Å². The van der Waals surface area contributed by atoms with Gasteiger partial charge in [0, 0.05) is 5.92 Å². The van der Waals surface area contributed by atoms with Crippen LogP contribution < -0.4 is 0 Å². The van der Waals surface area contributed by atoms with Crippen LogP contribution in [-0.2, 0) is 5.88 Å². The molecule has 0 saturated heterocycles. The summed E-state index contributed by atoms with van der Waals surface area (Å²) < 4.78 is 0. The van der Waals surface area contributed by atoms with Gasteiger partial charge in [-0.25, -0.2) is 0 Å². The molecule has 1 saturated carbocycles. The Kier molecular flexibility index (Phi) is 2.33. The molecule has 4 heteroatoms. The second-order valence-corrected chi connectivity index (χ2v) is 4.54. The van der Waals surface area contributed by atoms with E-state index in [1.54, 1.807) is 11.3 Å².